The molecule has 0 saturated carbocycles. The van der Waals surface area contributed by atoms with E-state index in [1.165, 1.54) is 11.3 Å². The van der Waals surface area contributed by atoms with E-state index in [1.807, 2.05) is 6.07 Å². The Balaban J connectivity index is 1.85. The number of nitrogens with zero attached hydrogens (tertiary/aromatic N) is 2. The highest BCUT2D eigenvalue weighted by Crippen LogP contribution is 2.38. The van der Waals surface area contributed by atoms with Crippen LogP contribution in [0.5, 0.6) is 11.5 Å². The second-order valence-electron chi connectivity index (χ2n) is 6.67. The molecule has 1 N–H and O–H groups in total. The van der Waals surface area contributed by atoms with Gasteiger partial charge in [0.15, 0.2) is 11.5 Å². The number of piperidine rings is 1. The van der Waals surface area contributed by atoms with Crippen molar-refractivity contribution in [1.29, 1.82) is 0 Å². The average Bonchev–Trinajstić information content (AvgIpc) is 3.08. The summed E-state index contributed by atoms with van der Waals surface area (Å²) in [5.74, 6) is 3.45. The molecule has 0 radical (unpaired) electrons. The normalized spacial score (nSPS) is 18.5. The van der Waals surface area contributed by atoms with Gasteiger partial charge in [0.2, 0.25) is 6.79 Å². The van der Waals surface area contributed by atoms with E-state index in [0.29, 0.717) is 18.8 Å². The van der Waals surface area contributed by atoms with Gasteiger partial charge in [-0.25, -0.2) is 4.98 Å². The molecule has 2 aromatic rings. The van der Waals surface area contributed by atoms with E-state index < -0.39 is 0 Å². The van der Waals surface area contributed by atoms with Crippen LogP contribution in [0.3, 0.4) is 0 Å². The highest BCUT2D eigenvalue weighted by atomic mass is 16.7. The van der Waals surface area contributed by atoms with Gasteiger partial charge in [0, 0.05) is 24.6 Å². The van der Waals surface area contributed by atoms with Crippen LogP contribution >= 0.6 is 0 Å². The van der Waals surface area contributed by atoms with Crippen LogP contribution in [0.2, 0.25) is 0 Å². The third-order valence-electron chi connectivity index (χ3n) is 4.52. The summed E-state index contributed by atoms with van der Waals surface area (Å²) >= 11 is 0. The van der Waals surface area contributed by atoms with Crippen LogP contribution in [-0.2, 0) is 6.42 Å². The van der Waals surface area contributed by atoms with E-state index in [-0.39, 0.29) is 0 Å². The second-order valence-corrected chi connectivity index (χ2v) is 6.67. The summed E-state index contributed by atoms with van der Waals surface area (Å²) in [6.45, 7) is 6.97. The molecular weight excluding hydrogens is 278 g/mol. The van der Waals surface area contributed by atoms with Crippen molar-refractivity contribution in [2.75, 3.05) is 19.9 Å². The van der Waals surface area contributed by atoms with Crippen LogP contribution in [0.15, 0.2) is 12.1 Å². The standard InChI is InChI=1S/C17H23N3O2/c1-11(2)7-17-19-13-8-15-16(22-10-21-15)9-14(13)20(17)12-3-5-18-6-4-12/h8-9,11-12,18H,3-7,10H2,1-2H3. The summed E-state index contributed by atoms with van der Waals surface area (Å²) in [4.78, 5) is 4.91. The topological polar surface area (TPSA) is 48.3 Å². The second kappa shape index (κ2) is 5.47. The SMILES string of the molecule is CC(C)Cc1nc2cc3c(cc2n1C1CCNCC1)OCO3. The molecule has 118 valence electrons. The van der Waals surface area contributed by atoms with Crippen molar-refractivity contribution in [1.82, 2.24) is 14.9 Å². The molecule has 2 aliphatic heterocycles. The summed E-state index contributed by atoms with van der Waals surface area (Å²) in [5.41, 5.74) is 2.21. The van der Waals surface area contributed by atoms with E-state index in [0.717, 1.165) is 49.4 Å². The molecule has 0 unspecified atom stereocenters. The Morgan fingerprint density at radius 3 is 2.68 bits per heavy atom. The first kappa shape index (κ1) is 13.9. The van der Waals surface area contributed by atoms with Crippen LogP contribution in [-0.4, -0.2) is 29.4 Å². The number of aromatic nitrogens is 2. The first-order valence-electron chi connectivity index (χ1n) is 8.23. The zero-order valence-corrected chi connectivity index (χ0v) is 13.3. The minimum atomic E-state index is 0.314. The zero-order chi connectivity index (χ0) is 15.1. The largest absolute Gasteiger partial charge is 0.454 e. The predicted octanol–water partition coefficient (Wildman–Crippen LogP) is 2.89. The summed E-state index contributed by atoms with van der Waals surface area (Å²) in [6.07, 6.45) is 3.32. The minimum absolute atomic E-state index is 0.314. The smallest absolute Gasteiger partial charge is 0.231 e. The van der Waals surface area contributed by atoms with Gasteiger partial charge in [0.1, 0.15) is 5.82 Å². The molecular formula is C17H23N3O2. The molecule has 0 aliphatic carbocycles. The quantitative estimate of drug-likeness (QED) is 0.947. The molecule has 5 nitrogen and oxygen atoms in total. The van der Waals surface area contributed by atoms with E-state index in [9.17, 15) is 0 Å². The lowest BCUT2D eigenvalue weighted by atomic mass is 10.0. The van der Waals surface area contributed by atoms with Crippen molar-refractivity contribution in [3.63, 3.8) is 0 Å². The Bertz CT molecular complexity index is 687. The molecule has 22 heavy (non-hydrogen) atoms. The molecule has 1 aromatic carbocycles. The molecule has 3 heterocycles. The molecule has 0 spiro atoms. The van der Waals surface area contributed by atoms with Gasteiger partial charge in [-0.05, 0) is 31.8 Å². The van der Waals surface area contributed by atoms with Crippen molar-refractivity contribution in [3.05, 3.63) is 18.0 Å². The lowest BCUT2D eigenvalue weighted by molar-refractivity contribution is 0.174. The molecule has 0 bridgehead atoms. The zero-order valence-electron chi connectivity index (χ0n) is 13.3. The van der Waals surface area contributed by atoms with Crippen LogP contribution < -0.4 is 14.8 Å². The number of hydrogen-bond donors (Lipinski definition) is 1. The molecule has 0 amide bonds. The fraction of sp³-hybridized carbons (Fsp3) is 0.588. The van der Waals surface area contributed by atoms with Gasteiger partial charge >= 0.3 is 0 Å². The van der Waals surface area contributed by atoms with Gasteiger partial charge in [0.25, 0.3) is 0 Å². The summed E-state index contributed by atoms with van der Waals surface area (Å²) < 4.78 is 13.5. The molecule has 2 aliphatic rings. The molecule has 1 fully saturated rings. The van der Waals surface area contributed by atoms with Gasteiger partial charge in [-0.3, -0.25) is 0 Å². The Hall–Kier alpha value is -1.75. The minimum Gasteiger partial charge on any atom is -0.454 e. The molecule has 1 saturated heterocycles. The Kier molecular flexibility index (Phi) is 3.45. The first-order valence-corrected chi connectivity index (χ1v) is 8.23. The number of fused-ring (bicyclic) bond motifs is 2. The van der Waals surface area contributed by atoms with Gasteiger partial charge < -0.3 is 19.4 Å². The van der Waals surface area contributed by atoms with Crippen molar-refractivity contribution in [2.45, 2.75) is 39.2 Å². The molecule has 5 heteroatoms. The van der Waals surface area contributed by atoms with Gasteiger partial charge in [-0.15, -0.1) is 0 Å². The Labute approximate surface area is 130 Å². The van der Waals surface area contributed by atoms with Crippen molar-refractivity contribution in [2.24, 2.45) is 5.92 Å². The van der Waals surface area contributed by atoms with Gasteiger partial charge in [-0.1, -0.05) is 13.8 Å². The van der Waals surface area contributed by atoms with E-state index in [2.05, 4.69) is 29.8 Å². The van der Waals surface area contributed by atoms with E-state index >= 15 is 0 Å². The maximum Gasteiger partial charge on any atom is 0.231 e. The predicted molar refractivity (Wildman–Crippen MR) is 85.5 cm³/mol. The van der Waals surface area contributed by atoms with Gasteiger partial charge in [-0.2, -0.15) is 0 Å². The maximum atomic E-state index is 5.56. The van der Waals surface area contributed by atoms with Crippen molar-refractivity contribution in [3.8, 4) is 11.5 Å². The van der Waals surface area contributed by atoms with Crippen molar-refractivity contribution >= 4 is 11.0 Å². The van der Waals surface area contributed by atoms with Crippen LogP contribution in [0.4, 0.5) is 0 Å². The number of ether oxygens (including phenoxy) is 2. The number of rotatable bonds is 3. The number of benzene rings is 1. The third kappa shape index (κ3) is 2.33. The van der Waals surface area contributed by atoms with Crippen molar-refractivity contribution < 1.29 is 9.47 Å². The fourth-order valence-corrected chi connectivity index (χ4v) is 3.52. The lowest BCUT2D eigenvalue weighted by Gasteiger charge is -2.26. The third-order valence-corrected chi connectivity index (χ3v) is 4.52. The first-order chi connectivity index (χ1) is 10.7. The van der Waals surface area contributed by atoms with E-state index in [4.69, 9.17) is 14.5 Å². The monoisotopic (exact) mass is 301 g/mol. The van der Waals surface area contributed by atoms with Crippen LogP contribution in [0, 0.1) is 5.92 Å². The maximum absolute atomic E-state index is 5.56. The fourth-order valence-electron chi connectivity index (χ4n) is 3.52. The van der Waals surface area contributed by atoms with Crippen LogP contribution in [0.1, 0.15) is 38.6 Å². The molecule has 4 rings (SSSR count). The lowest BCUT2D eigenvalue weighted by Crippen LogP contribution is -2.30. The number of hydrogen-bond acceptors (Lipinski definition) is 4. The van der Waals surface area contributed by atoms with Gasteiger partial charge in [0.05, 0.1) is 11.0 Å². The Morgan fingerprint density at radius 1 is 1.23 bits per heavy atom. The average molecular weight is 301 g/mol. The van der Waals surface area contributed by atoms with E-state index in [1.54, 1.807) is 0 Å². The molecule has 0 atom stereocenters. The highest BCUT2D eigenvalue weighted by molar-refractivity contribution is 5.81. The summed E-state index contributed by atoms with van der Waals surface area (Å²) in [6, 6.07) is 4.66. The molecule has 1 aromatic heterocycles. The summed E-state index contributed by atoms with van der Waals surface area (Å²) in [7, 11) is 0. The summed E-state index contributed by atoms with van der Waals surface area (Å²) in [5, 5.41) is 3.45. The highest BCUT2D eigenvalue weighted by Gasteiger charge is 2.24. The Morgan fingerprint density at radius 2 is 1.95 bits per heavy atom. The van der Waals surface area contributed by atoms with Crippen LogP contribution in [0.25, 0.3) is 11.0 Å². The number of imidazole rings is 1. The number of nitrogens with one attached hydrogen (secondary N) is 1.